The molecule has 144 valence electrons. The summed E-state index contributed by atoms with van der Waals surface area (Å²) in [6, 6.07) is 21.3. The number of phenols is 1. The molecule has 0 saturated carbocycles. The lowest BCUT2D eigenvalue weighted by atomic mass is 10.1. The van der Waals surface area contributed by atoms with Crippen molar-refractivity contribution in [2.75, 3.05) is 7.11 Å². The summed E-state index contributed by atoms with van der Waals surface area (Å²) in [6.45, 7) is 8.20. The molecule has 0 bridgehead atoms. The summed E-state index contributed by atoms with van der Waals surface area (Å²) >= 11 is 0. The van der Waals surface area contributed by atoms with Gasteiger partial charge in [0.15, 0.2) is 0 Å². The predicted molar refractivity (Wildman–Crippen MR) is 112 cm³/mol. The van der Waals surface area contributed by atoms with Crippen LogP contribution in [0, 0.1) is 27.7 Å². The Morgan fingerprint density at radius 1 is 0.667 bits per heavy atom. The monoisotopic (exact) mass is 366 g/mol. The minimum Gasteiger partial charge on any atom is -0.508 e. The molecule has 3 nitrogen and oxygen atoms in total. The fraction of sp³-hybridized carbons (Fsp3) is 0.250. The minimum absolute atomic E-state index is 0.0326. The first-order chi connectivity index (χ1) is 12.8. The molecule has 0 radical (unpaired) electrons. The third-order valence-corrected chi connectivity index (χ3v) is 3.86. The van der Waals surface area contributed by atoms with Gasteiger partial charge >= 0.3 is 0 Å². The van der Waals surface area contributed by atoms with E-state index in [1.165, 1.54) is 16.7 Å². The van der Waals surface area contributed by atoms with Crippen LogP contribution in [0.1, 0.15) is 27.8 Å². The maximum atomic E-state index is 8.89. The van der Waals surface area contributed by atoms with Crippen molar-refractivity contribution >= 4 is 0 Å². The normalized spacial score (nSPS) is 9.41. The summed E-state index contributed by atoms with van der Waals surface area (Å²) < 4.78 is 5.03. The number of aryl methyl sites for hydroxylation is 4. The molecule has 3 rings (SSSR count). The van der Waals surface area contributed by atoms with E-state index >= 15 is 0 Å². The number of hydrogen-bond acceptors (Lipinski definition) is 3. The summed E-state index contributed by atoms with van der Waals surface area (Å²) in [6.07, 6.45) is 0. The summed E-state index contributed by atoms with van der Waals surface area (Å²) in [7, 11) is 1.60. The first-order valence-corrected chi connectivity index (χ1v) is 8.89. The van der Waals surface area contributed by atoms with Gasteiger partial charge in [0.2, 0.25) is 0 Å². The van der Waals surface area contributed by atoms with E-state index in [9.17, 15) is 0 Å². The number of aromatic hydroxyl groups is 1. The maximum Gasteiger partial charge on any atom is 0.124 e. The van der Waals surface area contributed by atoms with Crippen molar-refractivity contribution in [3.63, 3.8) is 0 Å². The molecule has 3 aromatic carbocycles. The number of aliphatic hydroxyl groups excluding tert-OH is 1. The average molecular weight is 367 g/mol. The topological polar surface area (TPSA) is 49.7 Å². The SMILES string of the molecule is COc1ccc(C)cc1CO.Cc1ccc(C)cc1.Cc1ccc(O)cc1. The second-order valence-corrected chi connectivity index (χ2v) is 6.46. The van der Waals surface area contributed by atoms with Crippen LogP contribution in [0.4, 0.5) is 0 Å². The molecule has 0 atom stereocenters. The Bertz CT molecular complexity index is 705. The number of aliphatic hydroxyl groups is 1. The molecule has 0 heterocycles. The molecular weight excluding hydrogens is 336 g/mol. The third kappa shape index (κ3) is 8.93. The molecule has 2 N–H and O–H groups in total. The Labute approximate surface area is 162 Å². The molecule has 0 aliphatic heterocycles. The van der Waals surface area contributed by atoms with Crippen LogP contribution in [0.2, 0.25) is 0 Å². The largest absolute Gasteiger partial charge is 0.508 e. The van der Waals surface area contributed by atoms with Crippen molar-refractivity contribution in [3.8, 4) is 11.5 Å². The second-order valence-electron chi connectivity index (χ2n) is 6.46. The van der Waals surface area contributed by atoms with Crippen LogP contribution < -0.4 is 4.74 Å². The van der Waals surface area contributed by atoms with Crippen LogP contribution in [0.15, 0.2) is 66.7 Å². The third-order valence-electron chi connectivity index (χ3n) is 3.86. The van der Waals surface area contributed by atoms with Crippen molar-refractivity contribution in [2.24, 2.45) is 0 Å². The number of benzene rings is 3. The highest BCUT2D eigenvalue weighted by atomic mass is 16.5. The quantitative estimate of drug-likeness (QED) is 0.629. The van der Waals surface area contributed by atoms with Crippen LogP contribution in [-0.4, -0.2) is 17.3 Å². The first-order valence-electron chi connectivity index (χ1n) is 8.89. The smallest absolute Gasteiger partial charge is 0.124 e. The van der Waals surface area contributed by atoms with Gasteiger partial charge in [0.1, 0.15) is 11.5 Å². The molecule has 3 aromatic rings. The van der Waals surface area contributed by atoms with Crippen molar-refractivity contribution < 1.29 is 14.9 Å². The van der Waals surface area contributed by atoms with Crippen LogP contribution in [0.3, 0.4) is 0 Å². The number of methoxy groups -OCH3 is 1. The molecule has 0 fully saturated rings. The van der Waals surface area contributed by atoms with E-state index in [2.05, 4.69) is 38.1 Å². The van der Waals surface area contributed by atoms with Crippen molar-refractivity contribution in [1.29, 1.82) is 0 Å². The lowest BCUT2D eigenvalue weighted by Gasteiger charge is -2.05. The maximum absolute atomic E-state index is 8.89. The van der Waals surface area contributed by atoms with Gasteiger partial charge in [0.25, 0.3) is 0 Å². The number of hydrogen-bond donors (Lipinski definition) is 2. The average Bonchev–Trinajstić information content (AvgIpc) is 2.67. The summed E-state index contributed by atoms with van der Waals surface area (Å²) in [5.74, 6) is 1.08. The van der Waals surface area contributed by atoms with Crippen molar-refractivity contribution in [2.45, 2.75) is 34.3 Å². The van der Waals surface area contributed by atoms with Gasteiger partial charge in [0, 0.05) is 5.56 Å². The zero-order chi connectivity index (χ0) is 20.2. The predicted octanol–water partition coefficient (Wildman–Crippen LogP) is 5.50. The zero-order valence-electron chi connectivity index (χ0n) is 16.9. The molecule has 0 spiro atoms. The molecule has 3 heteroatoms. The van der Waals surface area contributed by atoms with Crippen LogP contribution in [0.5, 0.6) is 11.5 Å². The lowest BCUT2D eigenvalue weighted by Crippen LogP contribution is -1.91. The Balaban J connectivity index is 0.000000206. The van der Waals surface area contributed by atoms with Crippen molar-refractivity contribution in [3.05, 3.63) is 94.5 Å². The van der Waals surface area contributed by atoms with Crippen molar-refractivity contribution in [1.82, 2.24) is 0 Å². The lowest BCUT2D eigenvalue weighted by molar-refractivity contribution is 0.273. The Kier molecular flexibility index (Phi) is 9.70. The van der Waals surface area contributed by atoms with Crippen LogP contribution in [-0.2, 0) is 6.61 Å². The number of phenolic OH excluding ortho intramolecular Hbond substituents is 1. The molecule has 0 aromatic heterocycles. The van der Waals surface area contributed by atoms with Gasteiger partial charge in [-0.25, -0.2) is 0 Å². The number of ether oxygens (including phenoxy) is 1. The van der Waals surface area contributed by atoms with E-state index in [-0.39, 0.29) is 6.61 Å². The molecule has 0 amide bonds. The molecule has 0 unspecified atom stereocenters. The number of rotatable bonds is 2. The van der Waals surface area contributed by atoms with Gasteiger partial charge in [-0.3, -0.25) is 0 Å². The van der Waals surface area contributed by atoms with Crippen LogP contribution in [0.25, 0.3) is 0 Å². The van der Waals surface area contributed by atoms with Gasteiger partial charge in [-0.05, 0) is 45.9 Å². The first kappa shape index (κ1) is 22.3. The van der Waals surface area contributed by atoms with Gasteiger partial charge in [-0.15, -0.1) is 0 Å². The van der Waals surface area contributed by atoms with E-state index < -0.39 is 0 Å². The van der Waals surface area contributed by atoms with E-state index in [1.54, 1.807) is 19.2 Å². The Morgan fingerprint density at radius 2 is 1.07 bits per heavy atom. The van der Waals surface area contributed by atoms with Crippen LogP contribution >= 0.6 is 0 Å². The zero-order valence-corrected chi connectivity index (χ0v) is 16.9. The minimum atomic E-state index is 0.0326. The summed E-state index contributed by atoms with van der Waals surface area (Å²) in [4.78, 5) is 0. The highest BCUT2D eigenvalue weighted by Crippen LogP contribution is 2.18. The van der Waals surface area contributed by atoms with Gasteiger partial charge < -0.3 is 14.9 Å². The Morgan fingerprint density at radius 3 is 1.44 bits per heavy atom. The standard InChI is InChI=1S/C9H12O2.C8H10.C7H8O/c1-7-3-4-9(11-2)8(5-7)6-10;1-7-3-5-8(2)6-4-7;1-6-2-4-7(8)5-3-6/h3-5,10H,6H2,1-2H3;3-6H,1-2H3;2-5,8H,1H3. The summed E-state index contributed by atoms with van der Waals surface area (Å²) in [5, 5.41) is 17.7. The summed E-state index contributed by atoms with van der Waals surface area (Å²) in [5.41, 5.74) is 5.80. The molecule has 0 saturated heterocycles. The van der Waals surface area contributed by atoms with Gasteiger partial charge in [0.05, 0.1) is 13.7 Å². The highest BCUT2D eigenvalue weighted by Gasteiger charge is 1.99. The highest BCUT2D eigenvalue weighted by molar-refractivity contribution is 5.36. The van der Waals surface area contributed by atoms with E-state index in [0.717, 1.165) is 16.9 Å². The second kappa shape index (κ2) is 11.8. The van der Waals surface area contributed by atoms with Gasteiger partial charge in [-0.1, -0.05) is 70.8 Å². The van der Waals surface area contributed by atoms with E-state index in [1.807, 2.05) is 44.2 Å². The molecule has 0 aliphatic rings. The van der Waals surface area contributed by atoms with Gasteiger partial charge in [-0.2, -0.15) is 0 Å². The molecular formula is C24H30O3. The van der Waals surface area contributed by atoms with E-state index in [4.69, 9.17) is 14.9 Å². The fourth-order valence-corrected chi connectivity index (χ4v) is 2.21. The molecule has 0 aliphatic carbocycles. The fourth-order valence-electron chi connectivity index (χ4n) is 2.21. The Hall–Kier alpha value is -2.78. The van der Waals surface area contributed by atoms with E-state index in [0.29, 0.717) is 5.75 Å². The molecule has 27 heavy (non-hydrogen) atoms.